The van der Waals surface area contributed by atoms with E-state index in [1.807, 2.05) is 17.5 Å². The Morgan fingerprint density at radius 3 is 2.02 bits per heavy atom. The van der Waals surface area contributed by atoms with Crippen LogP contribution in [0.4, 0.5) is 0 Å². The molecule has 4 nitrogen and oxygen atoms in total. The molecule has 6 heteroatoms. The van der Waals surface area contributed by atoms with Crippen LogP contribution in [0, 0.1) is 0 Å². The average Bonchev–Trinajstić information content (AvgIpc) is 3.85. The van der Waals surface area contributed by atoms with Crippen LogP contribution in [-0.4, -0.2) is 19.5 Å². The summed E-state index contributed by atoms with van der Waals surface area (Å²) in [5, 5.41) is 8.51. The van der Waals surface area contributed by atoms with Gasteiger partial charge in [0.15, 0.2) is 0 Å². The first-order chi connectivity index (χ1) is 24.3. The van der Waals surface area contributed by atoms with E-state index in [0.29, 0.717) is 5.95 Å². The van der Waals surface area contributed by atoms with E-state index >= 15 is 0 Å². The molecule has 0 aliphatic rings. The van der Waals surface area contributed by atoms with Crippen molar-refractivity contribution in [1.82, 2.24) is 19.5 Å². The molecule has 0 spiro atoms. The fourth-order valence-electron chi connectivity index (χ4n) is 7.55. The van der Waals surface area contributed by atoms with Crippen LogP contribution in [0.1, 0.15) is 0 Å². The highest BCUT2D eigenvalue weighted by Crippen LogP contribution is 2.51. The van der Waals surface area contributed by atoms with Crippen LogP contribution in [0.2, 0.25) is 0 Å². The van der Waals surface area contributed by atoms with Gasteiger partial charge in [-0.15, -0.1) is 22.7 Å². The minimum absolute atomic E-state index is 0.671. The lowest BCUT2D eigenvalue weighted by molar-refractivity contribution is 1.02. The maximum absolute atomic E-state index is 5.45. The Morgan fingerprint density at radius 1 is 0.469 bits per heavy atom. The second-order valence-electron chi connectivity index (χ2n) is 12.4. The summed E-state index contributed by atoms with van der Waals surface area (Å²) in [6.07, 6.45) is 1.90. The Morgan fingerprint density at radius 2 is 1.14 bits per heavy atom. The zero-order chi connectivity index (χ0) is 32.1. The topological polar surface area (TPSA) is 43.6 Å². The van der Waals surface area contributed by atoms with Crippen molar-refractivity contribution in [3.05, 3.63) is 146 Å². The summed E-state index contributed by atoms with van der Waals surface area (Å²) in [6.45, 7) is 0. The molecule has 0 atom stereocenters. The van der Waals surface area contributed by atoms with Gasteiger partial charge in [0.1, 0.15) is 4.83 Å². The van der Waals surface area contributed by atoms with Crippen molar-refractivity contribution >= 4 is 95.9 Å². The minimum Gasteiger partial charge on any atom is -0.276 e. The molecule has 11 aromatic rings. The van der Waals surface area contributed by atoms with Gasteiger partial charge < -0.3 is 0 Å². The molecule has 0 N–H and O–H groups in total. The van der Waals surface area contributed by atoms with Gasteiger partial charge in [0.25, 0.3) is 0 Å². The Bertz CT molecular complexity index is 3100. The number of fused-ring (bicyclic) bond motifs is 13. The SMILES string of the molecule is c1ccc(-c2ccc(-c3nc(-n4c5ccccc5c5c6sc7ncccc7c6c6c7ccccc7sc6c54)nc4ccccc34)cc2)cc1. The first-order valence-corrected chi connectivity index (χ1v) is 17.9. The number of para-hydroxylation sites is 2. The van der Waals surface area contributed by atoms with Crippen molar-refractivity contribution in [3.63, 3.8) is 0 Å². The molecule has 11 rings (SSSR count). The molecule has 0 amide bonds. The molecule has 0 radical (unpaired) electrons. The third kappa shape index (κ3) is 3.87. The van der Waals surface area contributed by atoms with E-state index in [4.69, 9.17) is 15.0 Å². The maximum atomic E-state index is 5.45. The van der Waals surface area contributed by atoms with Gasteiger partial charge in [0.05, 0.1) is 26.9 Å². The van der Waals surface area contributed by atoms with Crippen LogP contribution in [0.5, 0.6) is 0 Å². The first-order valence-electron chi connectivity index (χ1n) is 16.3. The van der Waals surface area contributed by atoms with Crippen LogP contribution in [-0.2, 0) is 0 Å². The van der Waals surface area contributed by atoms with Gasteiger partial charge in [0, 0.05) is 58.9 Å². The molecule has 0 fully saturated rings. The Kier molecular flexibility index (Phi) is 5.67. The van der Waals surface area contributed by atoms with Crippen LogP contribution in [0.15, 0.2) is 146 Å². The van der Waals surface area contributed by atoms with Gasteiger partial charge in [-0.2, -0.15) is 0 Å². The standard InChI is InChI=1S/C43H24N4S2/c1-2-11-25(12-3-1)26-20-22-27(23-21-26)38-28-13-4-7-17-32(28)45-43(46-38)47-33-18-8-5-14-29(33)37-39(47)41-35(30-15-6-9-19-34(30)48-41)36-31-16-10-24-44-42(31)49-40(36)37/h1-24H. The second-order valence-corrected chi connectivity index (χ2v) is 14.4. The first kappa shape index (κ1) is 27.0. The second kappa shape index (κ2) is 10.3. The summed E-state index contributed by atoms with van der Waals surface area (Å²) in [6, 6.07) is 49.4. The highest BCUT2D eigenvalue weighted by atomic mass is 32.1. The molecule has 49 heavy (non-hydrogen) atoms. The van der Waals surface area contributed by atoms with Gasteiger partial charge in [-0.1, -0.05) is 109 Å². The predicted molar refractivity (Wildman–Crippen MR) is 208 cm³/mol. The summed E-state index contributed by atoms with van der Waals surface area (Å²) in [5.41, 5.74) is 7.52. The third-order valence-electron chi connectivity index (χ3n) is 9.69. The predicted octanol–water partition coefficient (Wildman–Crippen LogP) is 12.2. The smallest absolute Gasteiger partial charge is 0.235 e. The van der Waals surface area contributed by atoms with E-state index in [0.717, 1.165) is 38.0 Å². The summed E-state index contributed by atoms with van der Waals surface area (Å²) < 4.78 is 6.08. The van der Waals surface area contributed by atoms with Gasteiger partial charge in [-0.25, -0.2) is 15.0 Å². The Labute approximate surface area is 288 Å². The van der Waals surface area contributed by atoms with Crippen molar-refractivity contribution in [1.29, 1.82) is 0 Å². The fourth-order valence-corrected chi connectivity index (χ4v) is 10.0. The highest BCUT2D eigenvalue weighted by molar-refractivity contribution is 7.29. The van der Waals surface area contributed by atoms with Crippen LogP contribution in [0.25, 0.3) is 102 Å². The van der Waals surface area contributed by atoms with Crippen molar-refractivity contribution in [2.45, 2.75) is 0 Å². The Hall–Kier alpha value is -5.95. The number of pyridine rings is 1. The lowest BCUT2D eigenvalue weighted by Gasteiger charge is -2.12. The molecule has 0 saturated carbocycles. The molecule has 228 valence electrons. The summed E-state index contributed by atoms with van der Waals surface area (Å²) in [7, 11) is 0. The Balaban J connectivity index is 1.28. The molecular weight excluding hydrogens is 637 g/mol. The number of hydrogen-bond acceptors (Lipinski definition) is 5. The molecule has 6 aromatic carbocycles. The van der Waals surface area contributed by atoms with E-state index in [9.17, 15) is 0 Å². The molecule has 0 aliphatic heterocycles. The summed E-state index contributed by atoms with van der Waals surface area (Å²) in [5.74, 6) is 0.671. The molecule has 0 aliphatic carbocycles. The van der Waals surface area contributed by atoms with Crippen molar-refractivity contribution in [2.75, 3.05) is 0 Å². The van der Waals surface area contributed by atoms with Crippen LogP contribution >= 0.6 is 22.7 Å². The molecule has 5 heterocycles. The van der Waals surface area contributed by atoms with E-state index < -0.39 is 0 Å². The number of thiophene rings is 2. The lowest BCUT2D eigenvalue weighted by Crippen LogP contribution is -2.03. The van der Waals surface area contributed by atoms with E-state index in [1.165, 1.54) is 57.5 Å². The molecule has 0 bridgehead atoms. The van der Waals surface area contributed by atoms with Gasteiger partial charge in [0.2, 0.25) is 5.95 Å². The quantitative estimate of drug-likeness (QED) is 0.189. The highest BCUT2D eigenvalue weighted by Gasteiger charge is 2.26. The van der Waals surface area contributed by atoms with E-state index in [1.54, 1.807) is 11.3 Å². The fraction of sp³-hybridized carbons (Fsp3) is 0. The monoisotopic (exact) mass is 660 g/mol. The minimum atomic E-state index is 0.671. The maximum Gasteiger partial charge on any atom is 0.235 e. The number of hydrogen-bond donors (Lipinski definition) is 0. The number of benzene rings is 6. The summed E-state index contributed by atoms with van der Waals surface area (Å²) in [4.78, 5) is 16.6. The number of nitrogens with zero attached hydrogens (tertiary/aromatic N) is 4. The normalized spacial score (nSPS) is 12.1. The van der Waals surface area contributed by atoms with Gasteiger partial charge >= 0.3 is 0 Å². The van der Waals surface area contributed by atoms with Gasteiger partial charge in [-0.3, -0.25) is 4.57 Å². The molecule has 5 aromatic heterocycles. The van der Waals surface area contributed by atoms with E-state index in [-0.39, 0.29) is 0 Å². The van der Waals surface area contributed by atoms with Crippen molar-refractivity contribution in [2.24, 2.45) is 0 Å². The third-order valence-corrected chi connectivity index (χ3v) is 12.0. The number of aromatic nitrogens is 4. The lowest BCUT2D eigenvalue weighted by atomic mass is 10.0. The number of rotatable bonds is 3. The summed E-state index contributed by atoms with van der Waals surface area (Å²) >= 11 is 3.64. The molecular formula is C43H24N4S2. The average molecular weight is 661 g/mol. The van der Waals surface area contributed by atoms with Crippen molar-refractivity contribution in [3.8, 4) is 28.3 Å². The van der Waals surface area contributed by atoms with Crippen LogP contribution < -0.4 is 0 Å². The van der Waals surface area contributed by atoms with E-state index in [2.05, 4.69) is 144 Å². The van der Waals surface area contributed by atoms with Crippen LogP contribution in [0.3, 0.4) is 0 Å². The zero-order valence-corrected chi connectivity index (χ0v) is 27.6. The van der Waals surface area contributed by atoms with Gasteiger partial charge in [-0.05, 0) is 41.5 Å². The molecule has 0 unspecified atom stereocenters. The largest absolute Gasteiger partial charge is 0.276 e. The molecule has 0 saturated heterocycles. The van der Waals surface area contributed by atoms with Crippen molar-refractivity contribution < 1.29 is 0 Å². The zero-order valence-electron chi connectivity index (χ0n) is 26.0.